The summed E-state index contributed by atoms with van der Waals surface area (Å²) in [5.74, 6) is 1.41. The lowest BCUT2D eigenvalue weighted by molar-refractivity contribution is -0.120. The zero-order valence-electron chi connectivity index (χ0n) is 9.13. The summed E-state index contributed by atoms with van der Waals surface area (Å²) in [6.45, 7) is 1.93. The highest BCUT2D eigenvalue weighted by Gasteiger charge is 2.23. The number of amides is 1. The molecule has 0 spiro atoms. The molecule has 2 rings (SSSR count). The molecule has 2 aliphatic rings. The van der Waals surface area contributed by atoms with Gasteiger partial charge < -0.3 is 10.6 Å². The maximum Gasteiger partial charge on any atom is 0.233 e. The van der Waals surface area contributed by atoms with Gasteiger partial charge in [0.15, 0.2) is 0 Å². The van der Waals surface area contributed by atoms with Gasteiger partial charge in [0, 0.05) is 12.6 Å². The Morgan fingerprint density at radius 2 is 2.27 bits per heavy atom. The summed E-state index contributed by atoms with van der Waals surface area (Å²) in [7, 11) is 0. The fourth-order valence-electron chi connectivity index (χ4n) is 2.22. The normalized spacial score (nSPS) is 31.5. The molecule has 0 bridgehead atoms. The smallest absolute Gasteiger partial charge is 0.233 e. The minimum atomic E-state index is 0.230. The summed E-state index contributed by atoms with van der Waals surface area (Å²) < 4.78 is 0. The minimum absolute atomic E-state index is 0.230. The van der Waals surface area contributed by atoms with Crippen molar-refractivity contribution < 1.29 is 4.79 Å². The number of thioether (sulfide) groups is 1. The van der Waals surface area contributed by atoms with Gasteiger partial charge in [-0.25, -0.2) is 0 Å². The van der Waals surface area contributed by atoms with Crippen LogP contribution in [-0.2, 0) is 4.79 Å². The Morgan fingerprint density at radius 1 is 1.33 bits per heavy atom. The van der Waals surface area contributed by atoms with Crippen LogP contribution < -0.4 is 10.6 Å². The average molecular weight is 228 g/mol. The van der Waals surface area contributed by atoms with E-state index in [9.17, 15) is 4.79 Å². The van der Waals surface area contributed by atoms with Crippen LogP contribution in [0.3, 0.4) is 0 Å². The highest BCUT2D eigenvalue weighted by atomic mass is 32.2. The van der Waals surface area contributed by atoms with Crippen molar-refractivity contribution in [3.05, 3.63) is 0 Å². The van der Waals surface area contributed by atoms with Gasteiger partial charge in [0.05, 0.1) is 5.25 Å². The molecule has 0 aromatic heterocycles. The average Bonchev–Trinajstić information content (AvgIpc) is 2.81. The molecule has 0 aromatic carbocycles. The maximum absolute atomic E-state index is 11.7. The molecule has 2 atom stereocenters. The van der Waals surface area contributed by atoms with E-state index >= 15 is 0 Å². The summed E-state index contributed by atoms with van der Waals surface area (Å²) in [6.07, 6.45) is 6.05. The molecule has 0 aromatic rings. The number of nitrogens with one attached hydrogen (secondary N) is 2. The van der Waals surface area contributed by atoms with E-state index in [1.165, 1.54) is 25.7 Å². The number of carbonyl (C=O) groups is 1. The van der Waals surface area contributed by atoms with Gasteiger partial charge in [-0.1, -0.05) is 6.42 Å². The molecule has 2 unspecified atom stereocenters. The van der Waals surface area contributed by atoms with E-state index in [1.54, 1.807) is 11.8 Å². The van der Waals surface area contributed by atoms with E-state index in [4.69, 9.17) is 0 Å². The summed E-state index contributed by atoms with van der Waals surface area (Å²) in [6, 6.07) is 0.508. The molecule has 2 heterocycles. The van der Waals surface area contributed by atoms with Gasteiger partial charge in [0.2, 0.25) is 5.91 Å². The predicted octanol–water partition coefficient (Wildman–Crippen LogP) is 1.14. The van der Waals surface area contributed by atoms with Gasteiger partial charge in [-0.05, 0) is 38.0 Å². The fraction of sp³-hybridized carbons (Fsp3) is 0.909. The second kappa shape index (κ2) is 5.75. The summed E-state index contributed by atoms with van der Waals surface area (Å²) in [4.78, 5) is 11.7. The highest BCUT2D eigenvalue weighted by molar-refractivity contribution is 8.00. The van der Waals surface area contributed by atoms with Crippen LogP contribution in [0.25, 0.3) is 0 Å². The third kappa shape index (κ3) is 3.38. The molecule has 2 N–H and O–H groups in total. The van der Waals surface area contributed by atoms with E-state index < -0.39 is 0 Å². The molecule has 0 saturated carbocycles. The zero-order valence-corrected chi connectivity index (χ0v) is 9.94. The Morgan fingerprint density at radius 3 is 2.93 bits per heavy atom. The Balaban J connectivity index is 1.65. The number of rotatable bonds is 3. The number of hydrogen-bond acceptors (Lipinski definition) is 3. The SMILES string of the molecule is O=C(NCC1CCCCN1)C1CCCS1. The van der Waals surface area contributed by atoms with Crippen LogP contribution in [0.4, 0.5) is 0 Å². The van der Waals surface area contributed by atoms with Crippen molar-refractivity contribution >= 4 is 17.7 Å². The minimum Gasteiger partial charge on any atom is -0.354 e. The van der Waals surface area contributed by atoms with Crippen molar-refractivity contribution in [3.63, 3.8) is 0 Å². The van der Waals surface area contributed by atoms with Crippen molar-refractivity contribution in [2.75, 3.05) is 18.8 Å². The molecular weight excluding hydrogens is 208 g/mol. The van der Waals surface area contributed by atoms with Crippen LogP contribution in [0.5, 0.6) is 0 Å². The molecule has 2 fully saturated rings. The van der Waals surface area contributed by atoms with Gasteiger partial charge in [-0.2, -0.15) is 0 Å². The molecule has 2 aliphatic heterocycles. The third-order valence-electron chi connectivity index (χ3n) is 3.16. The Kier molecular flexibility index (Phi) is 4.32. The predicted molar refractivity (Wildman–Crippen MR) is 64.1 cm³/mol. The molecule has 0 radical (unpaired) electrons. The van der Waals surface area contributed by atoms with Gasteiger partial charge >= 0.3 is 0 Å². The lowest BCUT2D eigenvalue weighted by Gasteiger charge is -2.24. The quantitative estimate of drug-likeness (QED) is 0.761. The van der Waals surface area contributed by atoms with Crippen LogP contribution >= 0.6 is 11.8 Å². The van der Waals surface area contributed by atoms with E-state index in [-0.39, 0.29) is 11.2 Å². The van der Waals surface area contributed by atoms with Crippen LogP contribution in [0.2, 0.25) is 0 Å². The van der Waals surface area contributed by atoms with Gasteiger partial charge in [-0.15, -0.1) is 11.8 Å². The van der Waals surface area contributed by atoms with Crippen LogP contribution in [0.1, 0.15) is 32.1 Å². The Hall–Kier alpha value is -0.220. The zero-order chi connectivity index (χ0) is 10.5. The van der Waals surface area contributed by atoms with E-state index in [0.717, 1.165) is 25.3 Å². The van der Waals surface area contributed by atoms with Gasteiger partial charge in [0.1, 0.15) is 0 Å². The van der Waals surface area contributed by atoms with Gasteiger partial charge in [-0.3, -0.25) is 4.79 Å². The summed E-state index contributed by atoms with van der Waals surface area (Å²) in [5, 5.41) is 6.75. The van der Waals surface area contributed by atoms with Crippen LogP contribution in [0, 0.1) is 0 Å². The van der Waals surface area contributed by atoms with Crippen molar-refractivity contribution in [2.45, 2.75) is 43.4 Å². The highest BCUT2D eigenvalue weighted by Crippen LogP contribution is 2.25. The van der Waals surface area contributed by atoms with Crippen molar-refractivity contribution in [1.29, 1.82) is 0 Å². The Labute approximate surface area is 95.8 Å². The van der Waals surface area contributed by atoms with E-state index in [2.05, 4.69) is 10.6 Å². The second-order valence-corrected chi connectivity index (χ2v) is 5.70. The Bertz CT molecular complexity index is 211. The van der Waals surface area contributed by atoms with Crippen LogP contribution in [0.15, 0.2) is 0 Å². The van der Waals surface area contributed by atoms with Crippen molar-refractivity contribution in [1.82, 2.24) is 10.6 Å². The fourth-order valence-corrected chi connectivity index (χ4v) is 3.41. The van der Waals surface area contributed by atoms with Crippen LogP contribution in [-0.4, -0.2) is 36.0 Å². The molecular formula is C11H20N2OS. The first-order chi connectivity index (χ1) is 7.36. The first-order valence-electron chi connectivity index (χ1n) is 5.99. The molecule has 4 heteroatoms. The first kappa shape index (κ1) is 11.3. The molecule has 86 valence electrons. The lowest BCUT2D eigenvalue weighted by Crippen LogP contribution is -2.45. The van der Waals surface area contributed by atoms with Crippen molar-refractivity contribution in [3.8, 4) is 0 Å². The topological polar surface area (TPSA) is 41.1 Å². The molecule has 15 heavy (non-hydrogen) atoms. The van der Waals surface area contributed by atoms with E-state index in [0.29, 0.717) is 6.04 Å². The number of hydrogen-bond donors (Lipinski definition) is 2. The van der Waals surface area contributed by atoms with E-state index in [1.807, 2.05) is 0 Å². The maximum atomic E-state index is 11.7. The third-order valence-corrected chi connectivity index (χ3v) is 4.53. The monoisotopic (exact) mass is 228 g/mol. The summed E-state index contributed by atoms with van der Waals surface area (Å²) >= 11 is 1.80. The standard InChI is InChI=1S/C11H20N2OS/c14-11(10-5-3-7-15-10)13-8-9-4-1-2-6-12-9/h9-10,12H,1-8H2,(H,13,14). The summed E-state index contributed by atoms with van der Waals surface area (Å²) in [5.41, 5.74) is 0. The molecule has 0 aliphatic carbocycles. The largest absolute Gasteiger partial charge is 0.354 e. The van der Waals surface area contributed by atoms with Gasteiger partial charge in [0.25, 0.3) is 0 Å². The molecule has 1 amide bonds. The molecule has 2 saturated heterocycles. The first-order valence-corrected chi connectivity index (χ1v) is 7.04. The second-order valence-electron chi connectivity index (χ2n) is 4.39. The van der Waals surface area contributed by atoms with Crippen molar-refractivity contribution in [2.24, 2.45) is 0 Å². The number of piperidine rings is 1. The number of carbonyl (C=O) groups excluding carboxylic acids is 1. The lowest BCUT2D eigenvalue weighted by atomic mass is 10.1. The molecule has 3 nitrogen and oxygen atoms in total.